The quantitative estimate of drug-likeness (QED) is 0.0653. The summed E-state index contributed by atoms with van der Waals surface area (Å²) in [7, 11) is 0. The van der Waals surface area contributed by atoms with Gasteiger partial charge in [0.1, 0.15) is 0 Å². The van der Waals surface area contributed by atoms with Crippen LogP contribution in [0.2, 0.25) is 0 Å². The number of ether oxygens (including phenoxy) is 6. The molecule has 0 aliphatic carbocycles. The monoisotopic (exact) mass is 603 g/mol. The maximum Gasteiger partial charge on any atom is 0.0701 e. The van der Waals surface area contributed by atoms with Gasteiger partial charge < -0.3 is 28.4 Å². The topological polar surface area (TPSA) is 55.4 Å². The summed E-state index contributed by atoms with van der Waals surface area (Å²) >= 11 is 0. The molecule has 6 heteroatoms. The van der Waals surface area contributed by atoms with Crippen molar-refractivity contribution in [2.45, 2.75) is 155 Å². The molecule has 0 saturated carbocycles. The van der Waals surface area contributed by atoms with Crippen LogP contribution in [0.25, 0.3) is 0 Å². The molecule has 0 saturated heterocycles. The van der Waals surface area contributed by atoms with Crippen LogP contribution in [0.3, 0.4) is 0 Å². The van der Waals surface area contributed by atoms with Crippen LogP contribution in [-0.2, 0) is 28.4 Å². The van der Waals surface area contributed by atoms with Crippen molar-refractivity contribution in [1.29, 1.82) is 0 Å². The molecule has 254 valence electrons. The molecule has 0 aliphatic heterocycles. The minimum absolute atomic E-state index is 0.584. The van der Waals surface area contributed by atoms with Gasteiger partial charge in [0.2, 0.25) is 0 Å². The van der Waals surface area contributed by atoms with Crippen LogP contribution in [0.15, 0.2) is 0 Å². The highest BCUT2D eigenvalue weighted by atomic mass is 16.6. The van der Waals surface area contributed by atoms with Gasteiger partial charge in [-0.3, -0.25) is 0 Å². The second-order valence-electron chi connectivity index (χ2n) is 11.7. The van der Waals surface area contributed by atoms with E-state index < -0.39 is 0 Å². The van der Waals surface area contributed by atoms with Gasteiger partial charge in [-0.2, -0.15) is 0 Å². The van der Waals surface area contributed by atoms with Crippen LogP contribution < -0.4 is 0 Å². The van der Waals surface area contributed by atoms with E-state index in [0.29, 0.717) is 66.1 Å². The molecule has 42 heavy (non-hydrogen) atoms. The standard InChI is InChI=1S/C36H74O6/c1-3-5-7-9-11-13-14-15-16-17-18-20-22-24-26-38-28-30-40-32-34-42-36-35-41-33-31-39-29-27-37-25-23-21-19-12-10-8-6-4-2/h3-36H2,1-2H3. The molecule has 0 fully saturated rings. The Kier molecular flexibility index (Phi) is 40.5. The van der Waals surface area contributed by atoms with Crippen LogP contribution >= 0.6 is 0 Å². The van der Waals surface area contributed by atoms with Gasteiger partial charge in [0, 0.05) is 13.2 Å². The first-order chi connectivity index (χ1) is 20.9. The SMILES string of the molecule is CCCCCCCCCCCCCCCCOCCOCCOCCOCCOCCOCCCCCCCCCC. The molecule has 0 unspecified atom stereocenters. The lowest BCUT2D eigenvalue weighted by Gasteiger charge is -2.08. The number of hydrogen-bond acceptors (Lipinski definition) is 6. The van der Waals surface area contributed by atoms with Crippen molar-refractivity contribution in [3.63, 3.8) is 0 Å². The Balaban J connectivity index is 3.02. The Morgan fingerprint density at radius 3 is 0.571 bits per heavy atom. The smallest absolute Gasteiger partial charge is 0.0701 e. The van der Waals surface area contributed by atoms with Crippen LogP contribution in [-0.4, -0.2) is 79.3 Å². The summed E-state index contributed by atoms with van der Waals surface area (Å²) in [6, 6.07) is 0. The third-order valence-electron chi connectivity index (χ3n) is 7.64. The van der Waals surface area contributed by atoms with E-state index in [4.69, 9.17) is 28.4 Å². The second kappa shape index (κ2) is 40.8. The summed E-state index contributed by atoms with van der Waals surface area (Å²) < 4.78 is 33.5. The predicted octanol–water partition coefficient (Wildman–Crippen LogP) is 9.71. The molecule has 0 radical (unpaired) electrons. The lowest BCUT2D eigenvalue weighted by Crippen LogP contribution is -2.14. The van der Waals surface area contributed by atoms with E-state index in [0.717, 1.165) is 19.6 Å². The van der Waals surface area contributed by atoms with Crippen molar-refractivity contribution in [1.82, 2.24) is 0 Å². The van der Waals surface area contributed by atoms with Crippen molar-refractivity contribution < 1.29 is 28.4 Å². The van der Waals surface area contributed by atoms with Gasteiger partial charge in [0.25, 0.3) is 0 Å². The lowest BCUT2D eigenvalue weighted by molar-refractivity contribution is -0.0169. The molecule has 0 aromatic heterocycles. The summed E-state index contributed by atoms with van der Waals surface area (Å²) in [6.45, 7) is 12.4. The van der Waals surface area contributed by atoms with Crippen LogP contribution in [0.4, 0.5) is 0 Å². The molecule has 0 amide bonds. The van der Waals surface area contributed by atoms with Crippen molar-refractivity contribution in [2.24, 2.45) is 0 Å². The van der Waals surface area contributed by atoms with E-state index in [1.54, 1.807) is 0 Å². The highest BCUT2D eigenvalue weighted by Crippen LogP contribution is 2.13. The van der Waals surface area contributed by atoms with Gasteiger partial charge in [0.15, 0.2) is 0 Å². The van der Waals surface area contributed by atoms with Gasteiger partial charge in [-0.1, -0.05) is 142 Å². The van der Waals surface area contributed by atoms with Gasteiger partial charge in [-0.25, -0.2) is 0 Å². The van der Waals surface area contributed by atoms with E-state index in [2.05, 4.69) is 13.8 Å². The van der Waals surface area contributed by atoms with Gasteiger partial charge in [-0.05, 0) is 12.8 Å². The van der Waals surface area contributed by atoms with Crippen molar-refractivity contribution in [3.8, 4) is 0 Å². The largest absolute Gasteiger partial charge is 0.379 e. The molecule has 0 aromatic carbocycles. The molecule has 0 N–H and O–H groups in total. The molecule has 0 spiro atoms. The average Bonchev–Trinajstić information content (AvgIpc) is 3.00. The molecule has 6 nitrogen and oxygen atoms in total. The van der Waals surface area contributed by atoms with E-state index in [9.17, 15) is 0 Å². The van der Waals surface area contributed by atoms with Crippen molar-refractivity contribution in [2.75, 3.05) is 79.3 Å². The molecule has 0 bridgehead atoms. The number of unbranched alkanes of at least 4 members (excludes halogenated alkanes) is 20. The summed E-state index contributed by atoms with van der Waals surface area (Å²) in [6.07, 6.45) is 30.1. The number of rotatable bonds is 39. The van der Waals surface area contributed by atoms with Crippen LogP contribution in [0.1, 0.15) is 155 Å². The summed E-state index contributed by atoms with van der Waals surface area (Å²) in [4.78, 5) is 0. The first kappa shape index (κ1) is 41.8. The minimum atomic E-state index is 0.584. The molecular formula is C36H74O6. The molecule has 0 rings (SSSR count). The van der Waals surface area contributed by atoms with Crippen molar-refractivity contribution >= 4 is 0 Å². The Bertz CT molecular complexity index is 411. The highest BCUT2D eigenvalue weighted by Gasteiger charge is 1.97. The van der Waals surface area contributed by atoms with E-state index in [1.807, 2.05) is 0 Å². The van der Waals surface area contributed by atoms with Gasteiger partial charge in [-0.15, -0.1) is 0 Å². The normalized spacial score (nSPS) is 11.6. The average molecular weight is 603 g/mol. The molecule has 0 aromatic rings. The lowest BCUT2D eigenvalue weighted by atomic mass is 10.0. The second-order valence-corrected chi connectivity index (χ2v) is 11.7. The van der Waals surface area contributed by atoms with Crippen molar-refractivity contribution in [3.05, 3.63) is 0 Å². The fraction of sp³-hybridized carbons (Fsp3) is 1.00. The third-order valence-corrected chi connectivity index (χ3v) is 7.64. The predicted molar refractivity (Wildman–Crippen MR) is 178 cm³/mol. The Hall–Kier alpha value is -0.240. The fourth-order valence-electron chi connectivity index (χ4n) is 4.94. The first-order valence-corrected chi connectivity index (χ1v) is 18.4. The first-order valence-electron chi connectivity index (χ1n) is 18.4. The minimum Gasteiger partial charge on any atom is -0.379 e. The molecule has 0 aliphatic rings. The summed E-state index contributed by atoms with van der Waals surface area (Å²) in [5.74, 6) is 0. The van der Waals surface area contributed by atoms with Gasteiger partial charge in [0.05, 0.1) is 66.1 Å². The zero-order valence-corrected chi connectivity index (χ0v) is 28.5. The van der Waals surface area contributed by atoms with E-state index in [1.165, 1.54) is 135 Å². The Morgan fingerprint density at radius 2 is 0.357 bits per heavy atom. The maximum absolute atomic E-state index is 5.68. The zero-order chi connectivity index (χ0) is 30.3. The van der Waals surface area contributed by atoms with Crippen LogP contribution in [0, 0.1) is 0 Å². The number of hydrogen-bond donors (Lipinski definition) is 0. The Labute approximate surface area is 262 Å². The van der Waals surface area contributed by atoms with Crippen LogP contribution in [0.5, 0.6) is 0 Å². The maximum atomic E-state index is 5.68. The Morgan fingerprint density at radius 1 is 0.190 bits per heavy atom. The third kappa shape index (κ3) is 39.8. The van der Waals surface area contributed by atoms with E-state index in [-0.39, 0.29) is 0 Å². The van der Waals surface area contributed by atoms with Gasteiger partial charge >= 0.3 is 0 Å². The molecule has 0 heterocycles. The summed E-state index contributed by atoms with van der Waals surface area (Å²) in [5, 5.41) is 0. The molecule has 0 atom stereocenters. The summed E-state index contributed by atoms with van der Waals surface area (Å²) in [5.41, 5.74) is 0. The van der Waals surface area contributed by atoms with E-state index >= 15 is 0 Å². The highest BCUT2D eigenvalue weighted by molar-refractivity contribution is 4.50. The fourth-order valence-corrected chi connectivity index (χ4v) is 4.94. The zero-order valence-electron chi connectivity index (χ0n) is 28.5. The molecular weight excluding hydrogens is 528 g/mol.